The molecule has 0 spiro atoms. The number of hydrogen-bond acceptors (Lipinski definition) is 2. The zero-order valence-corrected chi connectivity index (χ0v) is 8.66. The Bertz CT molecular complexity index is 495. The number of nitrogens with zero attached hydrogens (tertiary/aromatic N) is 2. The summed E-state index contributed by atoms with van der Waals surface area (Å²) in [5, 5.41) is 0. The van der Waals surface area contributed by atoms with Crippen LogP contribution in [0.4, 0.5) is 4.39 Å². The van der Waals surface area contributed by atoms with Gasteiger partial charge in [-0.2, -0.15) is 0 Å². The molecule has 15 heavy (non-hydrogen) atoms. The van der Waals surface area contributed by atoms with E-state index in [0.717, 1.165) is 17.0 Å². The number of benzene rings is 1. The van der Waals surface area contributed by atoms with Crippen molar-refractivity contribution in [3.8, 4) is 11.3 Å². The summed E-state index contributed by atoms with van der Waals surface area (Å²) >= 11 is 0. The Morgan fingerprint density at radius 2 is 1.87 bits per heavy atom. The molecular formula is C12H11FN2. The van der Waals surface area contributed by atoms with Gasteiger partial charge in [0.15, 0.2) is 0 Å². The van der Waals surface area contributed by atoms with Gasteiger partial charge in [0.1, 0.15) is 12.1 Å². The van der Waals surface area contributed by atoms with Crippen molar-refractivity contribution in [2.75, 3.05) is 0 Å². The van der Waals surface area contributed by atoms with E-state index in [4.69, 9.17) is 0 Å². The van der Waals surface area contributed by atoms with E-state index >= 15 is 0 Å². The van der Waals surface area contributed by atoms with Crippen LogP contribution in [0.5, 0.6) is 0 Å². The Morgan fingerprint density at radius 3 is 2.53 bits per heavy atom. The fraction of sp³-hybridized carbons (Fsp3) is 0.167. The molecule has 0 bridgehead atoms. The van der Waals surface area contributed by atoms with Gasteiger partial charge in [-0.05, 0) is 43.7 Å². The van der Waals surface area contributed by atoms with Crippen LogP contribution in [0.3, 0.4) is 0 Å². The first-order chi connectivity index (χ1) is 7.16. The molecule has 3 heteroatoms. The molecule has 0 aliphatic rings. The van der Waals surface area contributed by atoms with Gasteiger partial charge in [-0.1, -0.05) is 0 Å². The summed E-state index contributed by atoms with van der Waals surface area (Å²) in [7, 11) is 0. The lowest BCUT2D eigenvalue weighted by Gasteiger charge is -2.03. The topological polar surface area (TPSA) is 25.8 Å². The molecule has 2 aromatic rings. The molecule has 1 aromatic heterocycles. The van der Waals surface area contributed by atoms with Crippen LogP contribution in [0.1, 0.15) is 11.3 Å². The van der Waals surface area contributed by atoms with E-state index in [1.807, 2.05) is 13.0 Å². The van der Waals surface area contributed by atoms with Gasteiger partial charge in [0.25, 0.3) is 0 Å². The van der Waals surface area contributed by atoms with E-state index in [0.29, 0.717) is 5.56 Å². The molecule has 2 nitrogen and oxygen atoms in total. The van der Waals surface area contributed by atoms with Crippen LogP contribution in [0.25, 0.3) is 11.3 Å². The largest absolute Gasteiger partial charge is 0.242 e. The summed E-state index contributed by atoms with van der Waals surface area (Å²) < 4.78 is 13.1. The standard InChI is InChI=1S/C12H11FN2/c1-8-5-10(3-4-11(8)13)12-6-9(2)14-7-15-12/h3-7H,1-2H3. The Balaban J connectivity index is 2.50. The monoisotopic (exact) mass is 202 g/mol. The van der Waals surface area contributed by atoms with Crippen molar-refractivity contribution < 1.29 is 4.39 Å². The second-order valence-electron chi connectivity index (χ2n) is 3.51. The molecule has 0 amide bonds. The predicted molar refractivity (Wildman–Crippen MR) is 56.9 cm³/mol. The van der Waals surface area contributed by atoms with Gasteiger partial charge < -0.3 is 0 Å². The molecule has 1 heterocycles. The van der Waals surface area contributed by atoms with E-state index < -0.39 is 0 Å². The van der Waals surface area contributed by atoms with Gasteiger partial charge in [-0.3, -0.25) is 0 Å². The molecular weight excluding hydrogens is 191 g/mol. The summed E-state index contributed by atoms with van der Waals surface area (Å²) in [5.74, 6) is -0.190. The maximum Gasteiger partial charge on any atom is 0.126 e. The van der Waals surface area contributed by atoms with Crippen LogP contribution in [0.15, 0.2) is 30.6 Å². The van der Waals surface area contributed by atoms with Gasteiger partial charge in [0, 0.05) is 11.3 Å². The lowest BCUT2D eigenvalue weighted by molar-refractivity contribution is 0.619. The maximum atomic E-state index is 13.1. The van der Waals surface area contributed by atoms with Crippen molar-refractivity contribution in [3.63, 3.8) is 0 Å². The van der Waals surface area contributed by atoms with E-state index in [2.05, 4.69) is 9.97 Å². The van der Waals surface area contributed by atoms with Crippen molar-refractivity contribution in [2.24, 2.45) is 0 Å². The number of halogens is 1. The minimum Gasteiger partial charge on any atom is -0.242 e. The second-order valence-corrected chi connectivity index (χ2v) is 3.51. The molecule has 0 aliphatic carbocycles. The van der Waals surface area contributed by atoms with Gasteiger partial charge in [-0.15, -0.1) is 0 Å². The minimum absolute atomic E-state index is 0.190. The third kappa shape index (κ3) is 2.01. The molecule has 0 N–H and O–H groups in total. The average Bonchev–Trinajstić information content (AvgIpc) is 2.22. The molecule has 0 saturated carbocycles. The minimum atomic E-state index is -0.190. The van der Waals surface area contributed by atoms with Crippen LogP contribution >= 0.6 is 0 Å². The summed E-state index contributed by atoms with van der Waals surface area (Å²) in [4.78, 5) is 8.17. The molecule has 2 rings (SSSR count). The first-order valence-electron chi connectivity index (χ1n) is 4.72. The molecule has 0 aliphatic heterocycles. The normalized spacial score (nSPS) is 10.3. The van der Waals surface area contributed by atoms with Crippen molar-refractivity contribution in [1.82, 2.24) is 9.97 Å². The first-order valence-corrected chi connectivity index (χ1v) is 4.72. The Hall–Kier alpha value is -1.77. The fourth-order valence-electron chi connectivity index (χ4n) is 1.42. The van der Waals surface area contributed by atoms with Crippen molar-refractivity contribution >= 4 is 0 Å². The number of aromatic nitrogens is 2. The molecule has 0 radical (unpaired) electrons. The van der Waals surface area contributed by atoms with E-state index in [1.165, 1.54) is 12.4 Å². The summed E-state index contributed by atoms with van der Waals surface area (Å²) in [6.07, 6.45) is 1.52. The summed E-state index contributed by atoms with van der Waals surface area (Å²) in [5.41, 5.74) is 3.27. The highest BCUT2D eigenvalue weighted by atomic mass is 19.1. The third-order valence-corrected chi connectivity index (χ3v) is 2.26. The molecule has 0 unspecified atom stereocenters. The lowest BCUT2D eigenvalue weighted by Crippen LogP contribution is -1.89. The van der Waals surface area contributed by atoms with Gasteiger partial charge in [0.05, 0.1) is 5.69 Å². The Labute approximate surface area is 87.8 Å². The van der Waals surface area contributed by atoms with E-state index in [-0.39, 0.29) is 5.82 Å². The number of hydrogen-bond donors (Lipinski definition) is 0. The average molecular weight is 202 g/mol. The van der Waals surface area contributed by atoms with Crippen LogP contribution in [0.2, 0.25) is 0 Å². The van der Waals surface area contributed by atoms with Crippen molar-refractivity contribution in [3.05, 3.63) is 47.7 Å². The first kappa shape index (κ1) is 9.77. The molecule has 0 fully saturated rings. The van der Waals surface area contributed by atoms with Gasteiger partial charge in [-0.25, -0.2) is 14.4 Å². The zero-order valence-electron chi connectivity index (χ0n) is 8.66. The highest BCUT2D eigenvalue weighted by molar-refractivity contribution is 5.60. The lowest BCUT2D eigenvalue weighted by atomic mass is 10.1. The fourth-order valence-corrected chi connectivity index (χ4v) is 1.42. The maximum absolute atomic E-state index is 13.1. The molecule has 76 valence electrons. The number of aryl methyl sites for hydroxylation is 2. The van der Waals surface area contributed by atoms with E-state index in [1.54, 1.807) is 19.1 Å². The van der Waals surface area contributed by atoms with Crippen LogP contribution in [-0.4, -0.2) is 9.97 Å². The van der Waals surface area contributed by atoms with Crippen molar-refractivity contribution in [1.29, 1.82) is 0 Å². The predicted octanol–water partition coefficient (Wildman–Crippen LogP) is 2.90. The molecule has 0 atom stereocenters. The summed E-state index contributed by atoms with van der Waals surface area (Å²) in [6, 6.07) is 6.86. The Morgan fingerprint density at radius 1 is 1.07 bits per heavy atom. The summed E-state index contributed by atoms with van der Waals surface area (Å²) in [6.45, 7) is 3.65. The smallest absolute Gasteiger partial charge is 0.126 e. The highest BCUT2D eigenvalue weighted by Crippen LogP contribution is 2.19. The molecule has 1 aromatic carbocycles. The van der Waals surface area contributed by atoms with Crippen LogP contribution in [-0.2, 0) is 0 Å². The SMILES string of the molecule is Cc1cc(-c2ccc(F)c(C)c2)ncn1. The highest BCUT2D eigenvalue weighted by Gasteiger charge is 2.02. The van der Waals surface area contributed by atoms with Crippen LogP contribution < -0.4 is 0 Å². The van der Waals surface area contributed by atoms with Gasteiger partial charge in [0.2, 0.25) is 0 Å². The zero-order chi connectivity index (χ0) is 10.8. The van der Waals surface area contributed by atoms with E-state index in [9.17, 15) is 4.39 Å². The third-order valence-electron chi connectivity index (χ3n) is 2.26. The number of rotatable bonds is 1. The quantitative estimate of drug-likeness (QED) is 0.710. The molecule has 0 saturated heterocycles. The Kier molecular flexibility index (Phi) is 2.46. The van der Waals surface area contributed by atoms with Crippen LogP contribution in [0, 0.1) is 19.7 Å². The van der Waals surface area contributed by atoms with Crippen molar-refractivity contribution in [2.45, 2.75) is 13.8 Å². The second kappa shape index (κ2) is 3.77. The van der Waals surface area contributed by atoms with Gasteiger partial charge >= 0.3 is 0 Å².